The first-order chi connectivity index (χ1) is 6.91. The molecule has 0 aliphatic carbocycles. The van der Waals surface area contributed by atoms with E-state index in [4.69, 9.17) is 0 Å². The zero-order valence-electron chi connectivity index (χ0n) is 9.38. The molecule has 0 radical (unpaired) electrons. The van der Waals surface area contributed by atoms with Crippen LogP contribution >= 0.6 is 0 Å². The Morgan fingerprint density at radius 1 is 0.571 bits per heavy atom. The van der Waals surface area contributed by atoms with Gasteiger partial charge in [0.1, 0.15) is 0 Å². The monoisotopic (exact) mass is 192 g/mol. The molecule has 0 rings (SSSR count). The second kappa shape index (κ2) is 12.2. The Morgan fingerprint density at radius 2 is 1.07 bits per heavy atom. The van der Waals surface area contributed by atoms with Gasteiger partial charge in [0, 0.05) is 0 Å². The van der Waals surface area contributed by atoms with Gasteiger partial charge in [-0.15, -0.1) is 13.2 Å². The van der Waals surface area contributed by atoms with Crippen molar-refractivity contribution >= 4 is 0 Å². The fraction of sp³-hybridized carbons (Fsp3) is 0.571. The maximum atomic E-state index is 3.71. The lowest BCUT2D eigenvalue weighted by Gasteiger charge is -1.94. The molecule has 0 fully saturated rings. The highest BCUT2D eigenvalue weighted by atomic mass is 13.9. The summed E-state index contributed by atoms with van der Waals surface area (Å²) in [5, 5.41) is 0. The molecule has 0 bridgehead atoms. The van der Waals surface area contributed by atoms with Crippen molar-refractivity contribution in [1.82, 2.24) is 0 Å². The van der Waals surface area contributed by atoms with Crippen molar-refractivity contribution in [1.29, 1.82) is 0 Å². The number of rotatable bonds is 10. The minimum atomic E-state index is 1.14. The van der Waals surface area contributed by atoms with Crippen LogP contribution in [0.2, 0.25) is 0 Å². The molecule has 0 aromatic carbocycles. The Labute approximate surface area is 89.4 Å². The third-order valence-electron chi connectivity index (χ3n) is 2.22. The zero-order chi connectivity index (χ0) is 10.5. The Kier molecular flexibility index (Phi) is 11.5. The Hall–Kier alpha value is -0.780. The highest BCUT2D eigenvalue weighted by molar-refractivity contribution is 4.82. The second-order valence-electron chi connectivity index (χ2n) is 3.62. The summed E-state index contributed by atoms with van der Waals surface area (Å²) in [5.74, 6) is 0. The molecule has 0 aliphatic heterocycles. The third-order valence-corrected chi connectivity index (χ3v) is 2.22. The molecule has 0 atom stereocenters. The van der Waals surface area contributed by atoms with E-state index in [9.17, 15) is 0 Å². The van der Waals surface area contributed by atoms with Gasteiger partial charge in [0.2, 0.25) is 0 Å². The Morgan fingerprint density at radius 3 is 1.71 bits per heavy atom. The fourth-order valence-corrected chi connectivity index (χ4v) is 1.34. The zero-order valence-corrected chi connectivity index (χ0v) is 9.38. The maximum Gasteiger partial charge on any atom is -0.0348 e. The van der Waals surface area contributed by atoms with E-state index in [1.807, 2.05) is 12.2 Å². The molecule has 0 saturated heterocycles. The molecule has 0 saturated carbocycles. The van der Waals surface area contributed by atoms with E-state index in [1.165, 1.54) is 44.9 Å². The minimum Gasteiger partial charge on any atom is -0.103 e. The second-order valence-corrected chi connectivity index (χ2v) is 3.62. The van der Waals surface area contributed by atoms with E-state index < -0.39 is 0 Å². The molecule has 0 heteroatoms. The van der Waals surface area contributed by atoms with E-state index in [2.05, 4.69) is 25.3 Å². The van der Waals surface area contributed by atoms with Gasteiger partial charge >= 0.3 is 0 Å². The SMILES string of the molecule is C=CCCCC=CCCCCCC=C. The molecular formula is C14H24. The summed E-state index contributed by atoms with van der Waals surface area (Å²) < 4.78 is 0. The first-order valence-electron chi connectivity index (χ1n) is 5.78. The number of hydrogen-bond acceptors (Lipinski definition) is 0. The molecule has 80 valence electrons. The smallest absolute Gasteiger partial charge is 0.0348 e. The lowest BCUT2D eigenvalue weighted by atomic mass is 10.1. The highest BCUT2D eigenvalue weighted by Gasteiger charge is 1.85. The number of allylic oxidation sites excluding steroid dienone is 4. The van der Waals surface area contributed by atoms with Crippen molar-refractivity contribution in [2.45, 2.75) is 51.4 Å². The molecule has 0 amide bonds. The molecular weight excluding hydrogens is 168 g/mol. The first kappa shape index (κ1) is 13.2. The van der Waals surface area contributed by atoms with Crippen LogP contribution in [0.3, 0.4) is 0 Å². The first-order valence-corrected chi connectivity index (χ1v) is 5.78. The van der Waals surface area contributed by atoms with Gasteiger partial charge in [0.25, 0.3) is 0 Å². The summed E-state index contributed by atoms with van der Waals surface area (Å²) >= 11 is 0. The van der Waals surface area contributed by atoms with Gasteiger partial charge in [-0.25, -0.2) is 0 Å². The van der Waals surface area contributed by atoms with Gasteiger partial charge in [-0.1, -0.05) is 30.7 Å². The molecule has 0 aliphatic rings. The quantitative estimate of drug-likeness (QED) is 0.336. The van der Waals surface area contributed by atoms with Crippen LogP contribution in [0.5, 0.6) is 0 Å². The largest absolute Gasteiger partial charge is 0.103 e. The van der Waals surface area contributed by atoms with Gasteiger partial charge in [-0.3, -0.25) is 0 Å². The van der Waals surface area contributed by atoms with Gasteiger partial charge in [-0.2, -0.15) is 0 Å². The third kappa shape index (κ3) is 11.2. The molecule has 0 N–H and O–H groups in total. The van der Waals surface area contributed by atoms with Crippen LogP contribution in [0.25, 0.3) is 0 Å². The average Bonchev–Trinajstić information content (AvgIpc) is 2.21. The standard InChI is InChI=1S/C14H24/c1-3-5-7-9-11-13-14-12-10-8-6-4-2/h3-4,11,13H,1-2,5-10,12,14H2. The Bertz CT molecular complexity index is 153. The summed E-state index contributed by atoms with van der Waals surface area (Å²) in [6.45, 7) is 7.42. The molecule has 14 heavy (non-hydrogen) atoms. The van der Waals surface area contributed by atoms with Gasteiger partial charge in [0.05, 0.1) is 0 Å². The van der Waals surface area contributed by atoms with Crippen LogP contribution in [0.4, 0.5) is 0 Å². The van der Waals surface area contributed by atoms with E-state index in [0.717, 1.165) is 6.42 Å². The average molecular weight is 192 g/mol. The predicted octanol–water partition coefficient (Wildman–Crippen LogP) is 5.04. The predicted molar refractivity (Wildman–Crippen MR) is 66.5 cm³/mol. The van der Waals surface area contributed by atoms with E-state index in [-0.39, 0.29) is 0 Å². The number of unbranched alkanes of at least 4 members (excludes halogenated alkanes) is 6. The van der Waals surface area contributed by atoms with E-state index >= 15 is 0 Å². The van der Waals surface area contributed by atoms with Crippen molar-refractivity contribution in [3.8, 4) is 0 Å². The molecule has 0 unspecified atom stereocenters. The topological polar surface area (TPSA) is 0 Å². The summed E-state index contributed by atoms with van der Waals surface area (Å²) in [6.07, 6.45) is 18.6. The molecule has 0 aromatic heterocycles. The normalized spacial score (nSPS) is 10.6. The van der Waals surface area contributed by atoms with Crippen molar-refractivity contribution in [3.05, 3.63) is 37.5 Å². The molecule has 0 aromatic rings. The number of hydrogen-bond donors (Lipinski definition) is 0. The van der Waals surface area contributed by atoms with Crippen LogP contribution in [0.15, 0.2) is 37.5 Å². The van der Waals surface area contributed by atoms with Crippen LogP contribution < -0.4 is 0 Å². The van der Waals surface area contributed by atoms with Crippen molar-refractivity contribution in [2.75, 3.05) is 0 Å². The molecule has 0 nitrogen and oxygen atoms in total. The van der Waals surface area contributed by atoms with E-state index in [0.29, 0.717) is 0 Å². The van der Waals surface area contributed by atoms with Crippen LogP contribution in [0.1, 0.15) is 51.4 Å². The summed E-state index contributed by atoms with van der Waals surface area (Å²) in [6, 6.07) is 0. The van der Waals surface area contributed by atoms with Crippen molar-refractivity contribution in [2.24, 2.45) is 0 Å². The molecule has 0 spiro atoms. The maximum absolute atomic E-state index is 3.71. The van der Waals surface area contributed by atoms with Gasteiger partial charge < -0.3 is 0 Å². The van der Waals surface area contributed by atoms with Crippen LogP contribution in [0, 0.1) is 0 Å². The lowest BCUT2D eigenvalue weighted by Crippen LogP contribution is -1.74. The van der Waals surface area contributed by atoms with Crippen molar-refractivity contribution < 1.29 is 0 Å². The van der Waals surface area contributed by atoms with Gasteiger partial charge in [0.15, 0.2) is 0 Å². The highest BCUT2D eigenvalue weighted by Crippen LogP contribution is 2.05. The Balaban J connectivity index is 3.02. The van der Waals surface area contributed by atoms with Gasteiger partial charge in [-0.05, 0) is 44.9 Å². The molecule has 0 heterocycles. The lowest BCUT2D eigenvalue weighted by molar-refractivity contribution is 0.695. The van der Waals surface area contributed by atoms with Crippen molar-refractivity contribution in [3.63, 3.8) is 0 Å². The summed E-state index contributed by atoms with van der Waals surface area (Å²) in [7, 11) is 0. The minimum absolute atomic E-state index is 1.14. The summed E-state index contributed by atoms with van der Waals surface area (Å²) in [4.78, 5) is 0. The summed E-state index contributed by atoms with van der Waals surface area (Å²) in [5.41, 5.74) is 0. The van der Waals surface area contributed by atoms with Crippen LogP contribution in [-0.4, -0.2) is 0 Å². The fourth-order valence-electron chi connectivity index (χ4n) is 1.34. The van der Waals surface area contributed by atoms with E-state index in [1.54, 1.807) is 0 Å². The van der Waals surface area contributed by atoms with Crippen LogP contribution in [-0.2, 0) is 0 Å².